The van der Waals surface area contributed by atoms with Gasteiger partial charge in [-0.05, 0) is 6.42 Å². The minimum Gasteiger partial charge on any atom is -0.394 e. The van der Waals surface area contributed by atoms with Crippen LogP contribution in [0.2, 0.25) is 0 Å². The molecular formula is C18H35O5. The minimum absolute atomic E-state index is 0.320. The molecule has 0 saturated carbocycles. The fourth-order valence-corrected chi connectivity index (χ4v) is 2.85. The van der Waals surface area contributed by atoms with E-state index in [0.717, 1.165) is 12.8 Å². The highest BCUT2D eigenvalue weighted by Gasteiger charge is 2.38. The lowest BCUT2D eigenvalue weighted by molar-refractivity contribution is -0.183. The number of aliphatic hydroxyl groups excluding tert-OH is 3. The van der Waals surface area contributed by atoms with E-state index in [1.165, 1.54) is 58.0 Å². The Morgan fingerprint density at radius 1 is 0.870 bits per heavy atom. The average Bonchev–Trinajstić information content (AvgIpc) is 2.56. The second-order valence-corrected chi connectivity index (χ2v) is 6.49. The molecule has 5 nitrogen and oxygen atoms in total. The molecule has 1 heterocycles. The zero-order valence-corrected chi connectivity index (χ0v) is 14.5. The number of ether oxygens (including phenoxy) is 2. The van der Waals surface area contributed by atoms with Crippen LogP contribution in [-0.2, 0) is 9.47 Å². The monoisotopic (exact) mass is 331 g/mol. The molecule has 5 heteroatoms. The molecule has 4 atom stereocenters. The van der Waals surface area contributed by atoms with Crippen molar-refractivity contribution in [3.05, 3.63) is 6.61 Å². The van der Waals surface area contributed by atoms with Crippen molar-refractivity contribution in [1.82, 2.24) is 0 Å². The Morgan fingerprint density at radius 2 is 1.43 bits per heavy atom. The normalized spacial score (nSPS) is 28.2. The lowest BCUT2D eigenvalue weighted by Gasteiger charge is -2.36. The van der Waals surface area contributed by atoms with Gasteiger partial charge in [-0.15, -0.1) is 0 Å². The lowest BCUT2D eigenvalue weighted by atomic mass is 10.0. The van der Waals surface area contributed by atoms with Gasteiger partial charge in [-0.1, -0.05) is 64.7 Å². The molecule has 137 valence electrons. The number of rotatable bonds is 13. The zero-order valence-electron chi connectivity index (χ0n) is 14.5. The van der Waals surface area contributed by atoms with Gasteiger partial charge in [0, 0.05) is 6.61 Å². The van der Waals surface area contributed by atoms with Crippen LogP contribution < -0.4 is 0 Å². The first-order valence-electron chi connectivity index (χ1n) is 9.28. The van der Waals surface area contributed by atoms with Crippen LogP contribution in [0.15, 0.2) is 0 Å². The van der Waals surface area contributed by atoms with E-state index in [9.17, 15) is 10.2 Å². The minimum atomic E-state index is -1.11. The number of hydrogen-bond donors (Lipinski definition) is 3. The van der Waals surface area contributed by atoms with Gasteiger partial charge < -0.3 is 24.8 Å². The summed E-state index contributed by atoms with van der Waals surface area (Å²) in [6.07, 6.45) is 9.12. The van der Waals surface area contributed by atoms with Crippen LogP contribution in [0.25, 0.3) is 0 Å². The standard InChI is InChI=1S/C18H35O5/c1-2-3-4-5-6-7-8-9-10-11-12-22-16-14-23-15(13-19)17(20)18(16)21/h14-21H,2-13H2,1H3/t15-,16+,17-,18-/m1/s1. The van der Waals surface area contributed by atoms with Crippen molar-refractivity contribution in [2.24, 2.45) is 0 Å². The van der Waals surface area contributed by atoms with E-state index < -0.39 is 24.4 Å². The van der Waals surface area contributed by atoms with E-state index in [1.54, 1.807) is 0 Å². The largest absolute Gasteiger partial charge is 0.394 e. The first kappa shape index (κ1) is 20.8. The van der Waals surface area contributed by atoms with Crippen molar-refractivity contribution in [2.75, 3.05) is 13.2 Å². The molecule has 1 rings (SSSR count). The summed E-state index contributed by atoms with van der Waals surface area (Å²) in [6.45, 7) is 3.85. The van der Waals surface area contributed by atoms with Gasteiger partial charge in [0.15, 0.2) is 0 Å². The quantitative estimate of drug-likeness (QED) is 0.452. The van der Waals surface area contributed by atoms with Crippen molar-refractivity contribution >= 4 is 0 Å². The predicted octanol–water partition coefficient (Wildman–Crippen LogP) is 2.57. The summed E-state index contributed by atoms with van der Waals surface area (Å²) in [6, 6.07) is 0. The summed E-state index contributed by atoms with van der Waals surface area (Å²) >= 11 is 0. The summed E-state index contributed by atoms with van der Waals surface area (Å²) in [5.74, 6) is 0. The maximum absolute atomic E-state index is 9.90. The van der Waals surface area contributed by atoms with E-state index in [4.69, 9.17) is 14.6 Å². The first-order chi connectivity index (χ1) is 11.2. The third-order valence-electron chi connectivity index (χ3n) is 4.44. The molecule has 0 aromatic carbocycles. The van der Waals surface area contributed by atoms with Crippen molar-refractivity contribution in [2.45, 2.75) is 95.5 Å². The van der Waals surface area contributed by atoms with Crippen LogP contribution in [0.3, 0.4) is 0 Å². The molecular weight excluding hydrogens is 296 g/mol. The number of unbranched alkanes of at least 4 members (excludes halogenated alkanes) is 9. The predicted molar refractivity (Wildman–Crippen MR) is 89.9 cm³/mol. The molecule has 1 aliphatic rings. The van der Waals surface area contributed by atoms with Gasteiger partial charge in [0.05, 0.1) is 6.61 Å². The van der Waals surface area contributed by atoms with E-state index in [1.807, 2.05) is 0 Å². The highest BCUT2D eigenvalue weighted by Crippen LogP contribution is 2.21. The smallest absolute Gasteiger partial charge is 0.116 e. The van der Waals surface area contributed by atoms with Crippen LogP contribution in [0.4, 0.5) is 0 Å². The Bertz CT molecular complexity index is 274. The van der Waals surface area contributed by atoms with Crippen LogP contribution >= 0.6 is 0 Å². The van der Waals surface area contributed by atoms with Crippen molar-refractivity contribution in [1.29, 1.82) is 0 Å². The zero-order chi connectivity index (χ0) is 16.9. The maximum Gasteiger partial charge on any atom is 0.116 e. The highest BCUT2D eigenvalue weighted by molar-refractivity contribution is 4.92. The van der Waals surface area contributed by atoms with Gasteiger partial charge in [-0.2, -0.15) is 0 Å². The Morgan fingerprint density at radius 3 is 2.00 bits per heavy atom. The van der Waals surface area contributed by atoms with Gasteiger partial charge in [-0.3, -0.25) is 0 Å². The molecule has 23 heavy (non-hydrogen) atoms. The van der Waals surface area contributed by atoms with Crippen LogP contribution in [0, 0.1) is 6.61 Å². The third kappa shape index (κ3) is 8.45. The molecule has 0 amide bonds. The molecule has 0 aliphatic carbocycles. The van der Waals surface area contributed by atoms with Gasteiger partial charge in [0.25, 0.3) is 0 Å². The van der Waals surface area contributed by atoms with E-state index >= 15 is 0 Å². The number of aliphatic hydroxyl groups is 3. The van der Waals surface area contributed by atoms with E-state index in [-0.39, 0.29) is 6.61 Å². The molecule has 1 saturated heterocycles. The Balaban J connectivity index is 1.93. The molecule has 0 bridgehead atoms. The molecule has 0 spiro atoms. The molecule has 1 fully saturated rings. The Labute approximate surface area is 141 Å². The Kier molecular flexibility index (Phi) is 11.9. The van der Waals surface area contributed by atoms with E-state index in [0.29, 0.717) is 6.61 Å². The second-order valence-electron chi connectivity index (χ2n) is 6.49. The first-order valence-corrected chi connectivity index (χ1v) is 9.28. The maximum atomic E-state index is 9.90. The average molecular weight is 331 g/mol. The van der Waals surface area contributed by atoms with Crippen LogP contribution in [0.1, 0.15) is 71.1 Å². The van der Waals surface area contributed by atoms with Crippen LogP contribution in [-0.4, -0.2) is 52.9 Å². The molecule has 1 aliphatic heterocycles. The lowest BCUT2D eigenvalue weighted by Crippen LogP contribution is -2.53. The Hall–Kier alpha value is -0.200. The van der Waals surface area contributed by atoms with Crippen LogP contribution in [0.5, 0.6) is 0 Å². The topological polar surface area (TPSA) is 79.2 Å². The molecule has 3 N–H and O–H groups in total. The summed E-state index contributed by atoms with van der Waals surface area (Å²) in [4.78, 5) is 0. The summed E-state index contributed by atoms with van der Waals surface area (Å²) in [7, 11) is 0. The SMILES string of the molecule is CCCCCCCCCCCCO[C@H]1[CH]O[C@H](CO)[C@@H](O)[C@@H]1O. The van der Waals surface area contributed by atoms with E-state index in [2.05, 4.69) is 6.92 Å². The summed E-state index contributed by atoms with van der Waals surface area (Å²) in [5, 5.41) is 28.6. The van der Waals surface area contributed by atoms with Gasteiger partial charge in [-0.25, -0.2) is 0 Å². The molecule has 0 aromatic rings. The van der Waals surface area contributed by atoms with Crippen molar-refractivity contribution in [3.8, 4) is 0 Å². The second kappa shape index (κ2) is 13.1. The van der Waals surface area contributed by atoms with Gasteiger partial charge >= 0.3 is 0 Å². The van der Waals surface area contributed by atoms with Gasteiger partial charge in [0.1, 0.15) is 31.0 Å². The highest BCUT2D eigenvalue weighted by atomic mass is 16.6. The molecule has 0 unspecified atom stereocenters. The van der Waals surface area contributed by atoms with Crippen molar-refractivity contribution < 1.29 is 24.8 Å². The third-order valence-corrected chi connectivity index (χ3v) is 4.44. The molecule has 1 radical (unpaired) electrons. The fourth-order valence-electron chi connectivity index (χ4n) is 2.85. The fraction of sp³-hybridized carbons (Fsp3) is 0.944. The van der Waals surface area contributed by atoms with Crippen molar-refractivity contribution in [3.63, 3.8) is 0 Å². The molecule has 0 aromatic heterocycles. The number of hydrogen-bond acceptors (Lipinski definition) is 5. The summed E-state index contributed by atoms with van der Waals surface area (Å²) in [5.41, 5.74) is 0. The van der Waals surface area contributed by atoms with Gasteiger partial charge in [0.2, 0.25) is 0 Å². The summed E-state index contributed by atoms with van der Waals surface area (Å²) < 4.78 is 10.7.